The van der Waals surface area contributed by atoms with Crippen LogP contribution in [0.25, 0.3) is 0 Å². The van der Waals surface area contributed by atoms with Gasteiger partial charge in [-0.3, -0.25) is 19.2 Å². The Kier molecular flexibility index (Phi) is 25.1. The maximum absolute atomic E-state index is 14.9. The van der Waals surface area contributed by atoms with Gasteiger partial charge in [-0.05, 0) is 114 Å². The van der Waals surface area contributed by atoms with E-state index >= 15 is 0 Å². The third-order valence-corrected chi connectivity index (χ3v) is 14.0. The van der Waals surface area contributed by atoms with Crippen LogP contribution in [0.15, 0.2) is 121 Å². The lowest BCUT2D eigenvalue weighted by Crippen LogP contribution is -2.61. The molecule has 5 amide bonds. The zero-order valence-electron chi connectivity index (χ0n) is 49.5. The maximum atomic E-state index is 14.9. The highest BCUT2D eigenvalue weighted by atomic mass is 16.6. The van der Waals surface area contributed by atoms with Crippen molar-refractivity contribution in [1.82, 2.24) is 25.8 Å². The number of hydrogen-bond donors (Lipinski definition) is 3. The maximum Gasteiger partial charge on any atom is 0.410 e. The number of nitrogens with zero attached hydrogens (tertiary/aromatic N) is 2. The van der Waals surface area contributed by atoms with E-state index in [4.69, 9.17) is 18.9 Å². The van der Waals surface area contributed by atoms with E-state index in [9.17, 15) is 38.4 Å². The highest BCUT2D eigenvalue weighted by Crippen LogP contribution is 2.29. The van der Waals surface area contributed by atoms with Gasteiger partial charge in [-0.2, -0.15) is 0 Å². The Bertz CT molecular complexity index is 2680. The molecule has 1 saturated heterocycles. The summed E-state index contributed by atoms with van der Waals surface area (Å²) in [5.41, 5.74) is 0.195. The normalized spacial score (nSPS) is 14.7. The predicted octanol–water partition coefficient (Wildman–Crippen LogP) is 10.7. The molecular weight excluding hydrogens is 1040 g/mol. The summed E-state index contributed by atoms with van der Waals surface area (Å²) in [5, 5.41) is 8.57. The van der Waals surface area contributed by atoms with E-state index in [0.717, 1.165) is 22.3 Å². The van der Waals surface area contributed by atoms with Gasteiger partial charge in [0.25, 0.3) is 0 Å². The largest absolute Gasteiger partial charge is 0.459 e. The molecule has 0 radical (unpaired) electrons. The zero-order valence-corrected chi connectivity index (χ0v) is 49.5. The highest BCUT2D eigenvalue weighted by molar-refractivity contribution is 5.95. The van der Waals surface area contributed by atoms with Crippen molar-refractivity contribution in [1.29, 1.82) is 0 Å². The number of hydrogen-bond acceptors (Lipinski definition) is 12. The zero-order chi connectivity index (χ0) is 59.9. The van der Waals surface area contributed by atoms with Crippen molar-refractivity contribution in [3.63, 3.8) is 0 Å². The average Bonchev–Trinajstić information content (AvgIpc) is 3.35. The number of ketones is 2. The summed E-state index contributed by atoms with van der Waals surface area (Å²) in [6, 6.07) is 36.1. The molecule has 0 unspecified atom stereocenters. The summed E-state index contributed by atoms with van der Waals surface area (Å²) < 4.78 is 22.5. The summed E-state index contributed by atoms with van der Waals surface area (Å²) in [7, 11) is 0. The Morgan fingerprint density at radius 1 is 0.634 bits per heavy atom. The van der Waals surface area contributed by atoms with Crippen LogP contribution in [0.5, 0.6) is 0 Å². The molecule has 0 aromatic heterocycles. The number of unbranched alkanes of at least 4 members (excludes halogenated alkanes) is 1. The summed E-state index contributed by atoms with van der Waals surface area (Å²) in [6.07, 6.45) is -1.01. The van der Waals surface area contributed by atoms with Crippen LogP contribution in [0.2, 0.25) is 0 Å². The number of ether oxygens (including phenoxy) is 4. The molecule has 4 aromatic carbocycles. The average molecular weight is 1130 g/mol. The van der Waals surface area contributed by atoms with Gasteiger partial charge < -0.3 is 44.7 Å². The predicted molar refractivity (Wildman–Crippen MR) is 313 cm³/mol. The number of piperidine rings is 1. The fraction of sp³-hybridized carbons (Fsp3) is 0.508. The smallest absolute Gasteiger partial charge is 0.410 e. The van der Waals surface area contributed by atoms with E-state index in [1.54, 1.807) is 46.4 Å². The number of esters is 1. The summed E-state index contributed by atoms with van der Waals surface area (Å²) in [5.74, 6) is -4.31. The molecule has 82 heavy (non-hydrogen) atoms. The lowest BCUT2D eigenvalue weighted by molar-refractivity contribution is -0.157. The Morgan fingerprint density at radius 2 is 1.17 bits per heavy atom. The number of carbonyl (C=O) groups excluding carboxylic acids is 8. The van der Waals surface area contributed by atoms with Gasteiger partial charge >= 0.3 is 24.2 Å². The lowest BCUT2D eigenvalue weighted by atomic mass is 9.85. The van der Waals surface area contributed by atoms with Crippen LogP contribution < -0.4 is 16.0 Å². The number of amides is 5. The minimum absolute atomic E-state index is 0.0115. The monoisotopic (exact) mass is 1130 g/mol. The molecule has 4 atom stereocenters. The molecule has 17 nitrogen and oxygen atoms in total. The SMILES string of the molecule is CC(C)C[C@@H](NC(=O)[C@H](CC(=O)CN(C[C@@H](C)c1ccccc1)C(=O)OC(C)(C)C)Cc1ccccc1)C(=O)C[C@H](CCCCNC(=O)OC(C)(C)C)C(=O)N1CCC(NC(=O)OCc2ccccc2)(C(=O)OCc2ccccc2)CC1. The molecule has 0 spiro atoms. The van der Waals surface area contributed by atoms with Gasteiger partial charge in [0, 0.05) is 50.9 Å². The number of alkyl carbamates (subject to hydrolysis) is 2. The second kappa shape index (κ2) is 31.6. The van der Waals surface area contributed by atoms with Gasteiger partial charge in [0.15, 0.2) is 11.6 Å². The van der Waals surface area contributed by atoms with Crippen molar-refractivity contribution in [2.24, 2.45) is 17.8 Å². The van der Waals surface area contributed by atoms with Crippen LogP contribution in [-0.4, -0.2) is 113 Å². The van der Waals surface area contributed by atoms with Gasteiger partial charge in [-0.1, -0.05) is 149 Å². The van der Waals surface area contributed by atoms with Gasteiger partial charge in [0.2, 0.25) is 11.8 Å². The van der Waals surface area contributed by atoms with Gasteiger partial charge in [-0.15, -0.1) is 0 Å². The quantitative estimate of drug-likeness (QED) is 0.0275. The number of likely N-dealkylation sites (tertiary alicyclic amines) is 1. The first-order valence-electron chi connectivity index (χ1n) is 28.8. The molecule has 1 aliphatic rings. The van der Waals surface area contributed by atoms with Crippen molar-refractivity contribution in [3.8, 4) is 0 Å². The van der Waals surface area contributed by atoms with Crippen molar-refractivity contribution in [3.05, 3.63) is 144 Å². The number of benzene rings is 4. The lowest BCUT2D eigenvalue weighted by Gasteiger charge is -2.41. The second-order valence-electron chi connectivity index (χ2n) is 23.9. The molecule has 0 aliphatic carbocycles. The molecule has 444 valence electrons. The fourth-order valence-electron chi connectivity index (χ4n) is 9.77. The minimum Gasteiger partial charge on any atom is -0.459 e. The summed E-state index contributed by atoms with van der Waals surface area (Å²) in [4.78, 5) is 115. The van der Waals surface area contributed by atoms with E-state index in [1.165, 1.54) is 4.90 Å². The molecular formula is C65H87N5O12. The topological polar surface area (TPSA) is 216 Å². The first-order chi connectivity index (χ1) is 38.9. The van der Waals surface area contributed by atoms with E-state index < -0.39 is 64.8 Å². The number of rotatable bonds is 28. The fourth-order valence-corrected chi connectivity index (χ4v) is 9.77. The third kappa shape index (κ3) is 22.8. The van der Waals surface area contributed by atoms with Crippen LogP contribution in [0.3, 0.4) is 0 Å². The van der Waals surface area contributed by atoms with Gasteiger partial charge in [-0.25, -0.2) is 19.2 Å². The minimum atomic E-state index is -1.54. The van der Waals surface area contributed by atoms with E-state index in [1.807, 2.05) is 142 Å². The van der Waals surface area contributed by atoms with Crippen LogP contribution in [0.4, 0.5) is 14.4 Å². The molecule has 1 aliphatic heterocycles. The summed E-state index contributed by atoms with van der Waals surface area (Å²) in [6.45, 7) is 16.5. The van der Waals surface area contributed by atoms with E-state index in [0.29, 0.717) is 12.8 Å². The number of carbonyl (C=O) groups is 8. The standard InChI is InChI=1S/C65H87N5O12/c1-46(2)38-55(67-57(73)53(39-48-24-14-10-15-25-48)40-54(71)43-70(62(78)82-64(7,8)9)42-47(3)51-30-20-13-21-31-51)56(72)41-52(32-22-23-35-66-60(76)81-63(4,5)6)58(74)69-36-33-65(34-37-69,59(75)79-44-49-26-16-11-17-27-49)68-61(77)80-45-50-28-18-12-19-29-50/h10-21,24-31,46-47,52-53,55H,22-23,32-45H2,1-9H3,(H,66,76)(H,67,73)(H,68,77)/t47-,52+,53+,55-/m1/s1. The Hall–Kier alpha value is -7.56. The highest BCUT2D eigenvalue weighted by Gasteiger charge is 2.46. The van der Waals surface area contributed by atoms with E-state index in [-0.39, 0.29) is 120 Å². The molecule has 3 N–H and O–H groups in total. The molecule has 1 fully saturated rings. The molecule has 0 bridgehead atoms. The molecule has 1 heterocycles. The van der Waals surface area contributed by atoms with Crippen LogP contribution >= 0.6 is 0 Å². The Morgan fingerprint density at radius 3 is 1.72 bits per heavy atom. The van der Waals surface area contributed by atoms with Gasteiger partial charge in [0.05, 0.1) is 12.6 Å². The van der Waals surface area contributed by atoms with Gasteiger partial charge in [0.1, 0.15) is 30.0 Å². The molecule has 0 saturated carbocycles. The Labute approximate surface area is 484 Å². The molecule has 4 aromatic rings. The van der Waals surface area contributed by atoms with Crippen LogP contribution in [-0.2, 0) is 62.6 Å². The van der Waals surface area contributed by atoms with Crippen molar-refractivity contribution >= 4 is 47.6 Å². The number of Topliss-reactive ketones (excluding diaryl/α,β-unsaturated/α-hetero) is 2. The Balaban J connectivity index is 1.36. The number of nitrogens with one attached hydrogen (secondary N) is 3. The molecule has 17 heteroatoms. The summed E-state index contributed by atoms with van der Waals surface area (Å²) >= 11 is 0. The first-order valence-corrected chi connectivity index (χ1v) is 28.8. The van der Waals surface area contributed by atoms with Crippen molar-refractivity contribution < 1.29 is 57.3 Å². The third-order valence-electron chi connectivity index (χ3n) is 14.0. The molecule has 5 rings (SSSR count). The van der Waals surface area contributed by atoms with Crippen molar-refractivity contribution in [2.45, 2.75) is 162 Å². The first kappa shape index (κ1) is 65.3. The van der Waals surface area contributed by atoms with Crippen LogP contribution in [0, 0.1) is 17.8 Å². The second-order valence-corrected chi connectivity index (χ2v) is 23.9. The van der Waals surface area contributed by atoms with Crippen molar-refractivity contribution in [2.75, 3.05) is 32.7 Å². The van der Waals surface area contributed by atoms with E-state index in [2.05, 4.69) is 16.0 Å². The van der Waals surface area contributed by atoms with Crippen LogP contribution in [0.1, 0.15) is 142 Å².